The van der Waals surface area contributed by atoms with Crippen LogP contribution >= 0.6 is 22.6 Å². The van der Waals surface area contributed by atoms with E-state index in [9.17, 15) is 0 Å². The average molecular weight is 268 g/mol. The lowest BCUT2D eigenvalue weighted by Gasteiger charge is -1.96. The van der Waals surface area contributed by atoms with Crippen molar-refractivity contribution < 1.29 is 4.74 Å². The van der Waals surface area contributed by atoms with E-state index in [1.54, 1.807) is 7.11 Å². The molecule has 0 unspecified atom stereocenters. The maximum absolute atomic E-state index is 5.00. The Kier molecular flexibility index (Phi) is 8.57. The van der Waals surface area contributed by atoms with Crippen LogP contribution in [0.5, 0.6) is 0 Å². The Balaban J connectivity index is 3.12. The summed E-state index contributed by atoms with van der Waals surface area (Å²) in [5, 5.41) is 0. The largest absolute Gasteiger partial charge is 0.491 e. The summed E-state index contributed by atoms with van der Waals surface area (Å²) in [5.74, 6) is 0. The molecule has 0 bridgehead atoms. The number of methoxy groups -OCH3 is 1. The summed E-state index contributed by atoms with van der Waals surface area (Å²) in [6.07, 6.45) is 8.62. The van der Waals surface area contributed by atoms with E-state index in [1.165, 1.54) is 25.7 Å². The molecule has 0 aliphatic rings. The van der Waals surface area contributed by atoms with Gasteiger partial charge in [-0.25, -0.2) is 0 Å². The highest BCUT2D eigenvalue weighted by Crippen LogP contribution is 2.10. The number of hydrogen-bond acceptors (Lipinski definition) is 1. The van der Waals surface area contributed by atoms with Crippen molar-refractivity contribution in [1.29, 1.82) is 0 Å². The minimum atomic E-state index is 1.01. The summed E-state index contributed by atoms with van der Waals surface area (Å²) in [6.45, 7) is 2.23. The third kappa shape index (κ3) is 8.17. The van der Waals surface area contributed by atoms with Crippen LogP contribution in [-0.2, 0) is 4.74 Å². The van der Waals surface area contributed by atoms with Gasteiger partial charge in [-0.15, -0.1) is 0 Å². The van der Waals surface area contributed by atoms with Gasteiger partial charge < -0.3 is 4.74 Å². The van der Waals surface area contributed by atoms with Gasteiger partial charge in [-0.1, -0.05) is 26.2 Å². The van der Waals surface area contributed by atoms with Crippen molar-refractivity contribution >= 4 is 22.6 Å². The van der Waals surface area contributed by atoms with E-state index in [2.05, 4.69) is 35.6 Å². The number of allylic oxidation sites excluding steroid dienone is 1. The van der Waals surface area contributed by atoms with Gasteiger partial charge in [0.05, 0.1) is 7.11 Å². The summed E-state index contributed by atoms with van der Waals surface area (Å²) in [7, 11) is 1.71. The molecule has 0 aliphatic heterocycles. The van der Waals surface area contributed by atoms with Crippen LogP contribution in [0.1, 0.15) is 39.0 Å². The fraction of sp³-hybridized carbons (Fsp3) is 0.778. The molecule has 11 heavy (non-hydrogen) atoms. The van der Waals surface area contributed by atoms with Crippen LogP contribution in [0.15, 0.2) is 9.84 Å². The van der Waals surface area contributed by atoms with Gasteiger partial charge in [-0.05, 0) is 41.5 Å². The Bertz CT molecular complexity index is 110. The normalized spacial score (nSPS) is 11.7. The minimum Gasteiger partial charge on any atom is -0.491 e. The first-order valence-corrected chi connectivity index (χ1v) is 5.28. The summed E-state index contributed by atoms with van der Waals surface area (Å²) < 4.78 is 6.02. The number of ether oxygens (including phenoxy) is 1. The molecule has 0 N–H and O–H groups in total. The SMILES string of the molecule is CCCCCC/C=C(/I)OC. The molecule has 0 aromatic heterocycles. The van der Waals surface area contributed by atoms with E-state index in [4.69, 9.17) is 4.74 Å². The molecule has 0 amide bonds. The molecule has 0 spiro atoms. The zero-order chi connectivity index (χ0) is 8.53. The Morgan fingerprint density at radius 2 is 2.09 bits per heavy atom. The van der Waals surface area contributed by atoms with Gasteiger partial charge in [-0.2, -0.15) is 0 Å². The van der Waals surface area contributed by atoms with Gasteiger partial charge in [0.1, 0.15) is 0 Å². The van der Waals surface area contributed by atoms with Crippen molar-refractivity contribution in [2.45, 2.75) is 39.0 Å². The van der Waals surface area contributed by atoms with Crippen molar-refractivity contribution in [3.8, 4) is 0 Å². The fourth-order valence-corrected chi connectivity index (χ4v) is 1.18. The van der Waals surface area contributed by atoms with Gasteiger partial charge in [0.25, 0.3) is 0 Å². The second-order valence-electron chi connectivity index (χ2n) is 2.56. The van der Waals surface area contributed by atoms with Crippen LogP contribution in [-0.4, -0.2) is 7.11 Å². The van der Waals surface area contributed by atoms with Crippen LogP contribution < -0.4 is 0 Å². The van der Waals surface area contributed by atoms with Crippen LogP contribution in [0.3, 0.4) is 0 Å². The maximum Gasteiger partial charge on any atom is 0.152 e. The van der Waals surface area contributed by atoms with E-state index in [0.717, 1.165) is 10.2 Å². The minimum absolute atomic E-state index is 1.01. The van der Waals surface area contributed by atoms with Crippen LogP contribution in [0.2, 0.25) is 0 Å². The number of halogens is 1. The third-order valence-corrected chi connectivity index (χ3v) is 2.44. The first kappa shape index (κ1) is 11.3. The first-order chi connectivity index (χ1) is 5.31. The van der Waals surface area contributed by atoms with Crippen molar-refractivity contribution in [2.75, 3.05) is 7.11 Å². The highest BCUT2D eigenvalue weighted by Gasteiger charge is 1.87. The molecular weight excluding hydrogens is 251 g/mol. The zero-order valence-corrected chi connectivity index (χ0v) is 9.56. The van der Waals surface area contributed by atoms with Crippen LogP contribution in [0, 0.1) is 0 Å². The summed E-state index contributed by atoms with van der Waals surface area (Å²) in [6, 6.07) is 0. The second-order valence-corrected chi connectivity index (χ2v) is 3.62. The number of hydrogen-bond donors (Lipinski definition) is 0. The molecule has 0 aromatic rings. The molecule has 0 heterocycles. The Hall–Kier alpha value is 0.270. The number of rotatable bonds is 6. The van der Waals surface area contributed by atoms with E-state index in [1.807, 2.05) is 0 Å². The average Bonchev–Trinajstić information content (AvgIpc) is 2.04. The van der Waals surface area contributed by atoms with E-state index < -0.39 is 0 Å². The third-order valence-electron chi connectivity index (χ3n) is 1.56. The molecule has 66 valence electrons. The molecule has 1 nitrogen and oxygen atoms in total. The lowest BCUT2D eigenvalue weighted by molar-refractivity contribution is 0.329. The number of unbranched alkanes of at least 4 members (excludes halogenated alkanes) is 4. The van der Waals surface area contributed by atoms with Gasteiger partial charge in [-0.3, -0.25) is 0 Å². The Morgan fingerprint density at radius 3 is 2.64 bits per heavy atom. The molecule has 0 aliphatic carbocycles. The molecule has 0 fully saturated rings. The van der Waals surface area contributed by atoms with Crippen LogP contribution in [0.25, 0.3) is 0 Å². The predicted octanol–water partition coefficient (Wildman–Crippen LogP) is 3.88. The molecule has 0 saturated heterocycles. The first-order valence-electron chi connectivity index (χ1n) is 4.21. The highest BCUT2D eigenvalue weighted by atomic mass is 127. The smallest absolute Gasteiger partial charge is 0.152 e. The zero-order valence-electron chi connectivity index (χ0n) is 7.40. The molecule has 0 saturated carbocycles. The van der Waals surface area contributed by atoms with Crippen molar-refractivity contribution in [1.82, 2.24) is 0 Å². The van der Waals surface area contributed by atoms with Crippen molar-refractivity contribution in [3.05, 3.63) is 9.84 Å². The van der Waals surface area contributed by atoms with Crippen molar-refractivity contribution in [3.63, 3.8) is 0 Å². The van der Waals surface area contributed by atoms with E-state index in [0.29, 0.717) is 0 Å². The fourth-order valence-electron chi connectivity index (χ4n) is 0.870. The van der Waals surface area contributed by atoms with E-state index in [-0.39, 0.29) is 0 Å². The van der Waals surface area contributed by atoms with Crippen molar-refractivity contribution in [2.24, 2.45) is 0 Å². The summed E-state index contributed by atoms with van der Waals surface area (Å²) >= 11 is 2.21. The molecule has 2 heteroatoms. The second kappa shape index (κ2) is 8.37. The Morgan fingerprint density at radius 1 is 1.36 bits per heavy atom. The Labute approximate surface area is 83.3 Å². The quantitative estimate of drug-likeness (QED) is 0.403. The predicted molar refractivity (Wildman–Crippen MR) is 57.9 cm³/mol. The monoisotopic (exact) mass is 268 g/mol. The molecule has 0 radical (unpaired) electrons. The van der Waals surface area contributed by atoms with Gasteiger partial charge >= 0.3 is 0 Å². The topological polar surface area (TPSA) is 9.23 Å². The molecule has 0 atom stereocenters. The van der Waals surface area contributed by atoms with Gasteiger partial charge in [0.15, 0.2) is 3.77 Å². The van der Waals surface area contributed by atoms with E-state index >= 15 is 0 Å². The lowest BCUT2D eigenvalue weighted by atomic mass is 10.2. The summed E-state index contributed by atoms with van der Waals surface area (Å²) in [4.78, 5) is 0. The standard InChI is InChI=1S/C9H17IO/c1-3-4-5-6-7-8-9(10)11-2/h8H,3-7H2,1-2H3/b9-8-. The van der Waals surface area contributed by atoms with Crippen LogP contribution in [0.4, 0.5) is 0 Å². The molecule has 0 rings (SSSR count). The van der Waals surface area contributed by atoms with Gasteiger partial charge in [0, 0.05) is 0 Å². The lowest BCUT2D eigenvalue weighted by Crippen LogP contribution is -1.77. The molecule has 0 aromatic carbocycles. The summed E-state index contributed by atoms with van der Waals surface area (Å²) in [5.41, 5.74) is 0. The molecular formula is C9H17IO. The highest BCUT2D eigenvalue weighted by molar-refractivity contribution is 14.1. The maximum atomic E-state index is 5.00. The van der Waals surface area contributed by atoms with Gasteiger partial charge in [0.2, 0.25) is 0 Å².